The Kier molecular flexibility index (Phi) is 17.4. The minimum absolute atomic E-state index is 0.129. The summed E-state index contributed by atoms with van der Waals surface area (Å²) in [6.45, 7) is 12.0. The molecule has 0 saturated carbocycles. The zero-order valence-corrected chi connectivity index (χ0v) is 18.9. The van der Waals surface area contributed by atoms with Crippen molar-refractivity contribution in [1.82, 2.24) is 0 Å². The summed E-state index contributed by atoms with van der Waals surface area (Å²) in [5.74, 6) is -0.734. The largest absolute Gasteiger partial charge is 0.377 e. The van der Waals surface area contributed by atoms with Crippen LogP contribution in [0.1, 0.15) is 92.4 Å². The van der Waals surface area contributed by atoms with Crippen molar-refractivity contribution in [3.63, 3.8) is 0 Å². The lowest BCUT2D eigenvalue weighted by atomic mass is 9.91. The molecule has 162 valence electrons. The van der Waals surface area contributed by atoms with Gasteiger partial charge >= 0.3 is 0 Å². The average Bonchev–Trinajstić information content (AvgIpc) is 2.66. The average molecular weight is 387 g/mol. The number of unbranched alkanes of at least 4 members (excludes halogenated alkanes) is 5. The second-order valence-corrected chi connectivity index (χ2v) is 7.03. The predicted octanol–water partition coefficient (Wildman–Crippen LogP) is 6.49. The van der Waals surface area contributed by atoms with E-state index in [0.29, 0.717) is 19.8 Å². The Labute approximate surface area is 169 Å². The van der Waals surface area contributed by atoms with Crippen LogP contribution >= 0.6 is 0 Å². The summed E-state index contributed by atoms with van der Waals surface area (Å²) in [4.78, 5) is 0. The molecule has 4 heteroatoms. The molecule has 0 aromatic rings. The minimum Gasteiger partial charge on any atom is -0.377 e. The van der Waals surface area contributed by atoms with Crippen LogP contribution in [0.4, 0.5) is 0 Å². The third-order valence-electron chi connectivity index (χ3n) is 4.95. The van der Waals surface area contributed by atoms with Gasteiger partial charge in [0.1, 0.15) is 0 Å². The second-order valence-electron chi connectivity index (χ2n) is 7.03. The fourth-order valence-corrected chi connectivity index (χ4v) is 3.62. The highest BCUT2D eigenvalue weighted by Crippen LogP contribution is 2.34. The summed E-state index contributed by atoms with van der Waals surface area (Å²) in [6.07, 6.45) is 15.0. The molecule has 0 radical (unpaired) electrons. The Hall–Kier alpha value is -0.420. The maximum Gasteiger partial charge on any atom is 0.285 e. The molecule has 0 bridgehead atoms. The van der Waals surface area contributed by atoms with Crippen LogP contribution in [0.15, 0.2) is 12.2 Å². The summed E-state index contributed by atoms with van der Waals surface area (Å²) in [7, 11) is 1.77. The molecule has 0 aliphatic carbocycles. The van der Waals surface area contributed by atoms with Gasteiger partial charge in [-0.25, -0.2) is 0 Å². The number of ether oxygens (including phenoxy) is 4. The summed E-state index contributed by atoms with van der Waals surface area (Å²) in [5, 5.41) is 0. The first-order chi connectivity index (χ1) is 13.1. The van der Waals surface area contributed by atoms with Gasteiger partial charge in [0.25, 0.3) is 5.97 Å². The van der Waals surface area contributed by atoms with Gasteiger partial charge in [0.05, 0.1) is 6.10 Å². The van der Waals surface area contributed by atoms with E-state index in [-0.39, 0.29) is 12.0 Å². The lowest BCUT2D eigenvalue weighted by Gasteiger charge is -2.39. The molecule has 0 aliphatic heterocycles. The fourth-order valence-electron chi connectivity index (χ4n) is 3.62. The van der Waals surface area contributed by atoms with Crippen molar-refractivity contribution in [3.05, 3.63) is 12.2 Å². The standard InChI is InChI=1S/C23H46O4/c1-7-12-13-14-15-16-18-21(19-20-22(24-6)17-8-2)23(25-9-3,26-10-4)27-11-5/h8,17,21-22H,7,9-16,18-20H2,1-6H3. The lowest BCUT2D eigenvalue weighted by Crippen LogP contribution is -2.47. The molecule has 0 heterocycles. The monoisotopic (exact) mass is 386 g/mol. The van der Waals surface area contributed by atoms with E-state index in [1.54, 1.807) is 7.11 Å². The molecular formula is C23H46O4. The smallest absolute Gasteiger partial charge is 0.285 e. The zero-order chi connectivity index (χ0) is 20.4. The van der Waals surface area contributed by atoms with Crippen molar-refractivity contribution in [3.8, 4) is 0 Å². The Morgan fingerprint density at radius 1 is 0.741 bits per heavy atom. The van der Waals surface area contributed by atoms with Crippen molar-refractivity contribution >= 4 is 0 Å². The molecule has 27 heavy (non-hydrogen) atoms. The van der Waals surface area contributed by atoms with Crippen LogP contribution in [-0.2, 0) is 18.9 Å². The summed E-state index contributed by atoms with van der Waals surface area (Å²) >= 11 is 0. The van der Waals surface area contributed by atoms with Gasteiger partial charge in [-0.1, -0.05) is 57.6 Å². The second kappa shape index (κ2) is 17.7. The fraction of sp³-hybridized carbons (Fsp3) is 0.913. The molecule has 0 spiro atoms. The van der Waals surface area contributed by atoms with E-state index >= 15 is 0 Å². The Balaban J connectivity index is 5.06. The molecule has 2 atom stereocenters. The van der Waals surface area contributed by atoms with Crippen molar-refractivity contribution in [2.24, 2.45) is 5.92 Å². The molecule has 2 unspecified atom stereocenters. The van der Waals surface area contributed by atoms with E-state index in [2.05, 4.69) is 19.1 Å². The molecule has 0 rings (SSSR count). The van der Waals surface area contributed by atoms with E-state index < -0.39 is 5.97 Å². The maximum absolute atomic E-state index is 6.09. The van der Waals surface area contributed by atoms with Crippen LogP contribution in [0.2, 0.25) is 0 Å². The highest BCUT2D eigenvalue weighted by molar-refractivity contribution is 4.87. The van der Waals surface area contributed by atoms with Crippen LogP contribution < -0.4 is 0 Å². The maximum atomic E-state index is 6.09. The van der Waals surface area contributed by atoms with Crippen LogP contribution in [0.25, 0.3) is 0 Å². The number of hydrogen-bond donors (Lipinski definition) is 0. The van der Waals surface area contributed by atoms with Crippen LogP contribution in [0.5, 0.6) is 0 Å². The van der Waals surface area contributed by atoms with Crippen molar-refractivity contribution in [2.75, 3.05) is 26.9 Å². The quantitative estimate of drug-likeness (QED) is 0.144. The first-order valence-electron chi connectivity index (χ1n) is 11.2. The van der Waals surface area contributed by atoms with Gasteiger partial charge < -0.3 is 18.9 Å². The molecule has 0 aromatic carbocycles. The lowest BCUT2D eigenvalue weighted by molar-refractivity contribution is -0.403. The van der Waals surface area contributed by atoms with Crippen molar-refractivity contribution in [1.29, 1.82) is 0 Å². The first kappa shape index (κ1) is 26.6. The van der Waals surface area contributed by atoms with Gasteiger partial charge in [-0.2, -0.15) is 0 Å². The van der Waals surface area contributed by atoms with E-state index in [0.717, 1.165) is 19.3 Å². The molecular weight excluding hydrogens is 340 g/mol. The summed E-state index contributed by atoms with van der Waals surface area (Å²) in [6, 6.07) is 0. The van der Waals surface area contributed by atoms with E-state index in [1.165, 1.54) is 38.5 Å². The van der Waals surface area contributed by atoms with Crippen LogP contribution in [0, 0.1) is 5.92 Å². The van der Waals surface area contributed by atoms with Gasteiger partial charge in [-0.05, 0) is 47.0 Å². The van der Waals surface area contributed by atoms with Crippen LogP contribution in [-0.4, -0.2) is 39.0 Å². The van der Waals surface area contributed by atoms with Crippen molar-refractivity contribution < 1.29 is 18.9 Å². The van der Waals surface area contributed by atoms with E-state index in [4.69, 9.17) is 18.9 Å². The van der Waals surface area contributed by atoms with Gasteiger partial charge in [-0.3, -0.25) is 0 Å². The third-order valence-corrected chi connectivity index (χ3v) is 4.95. The number of methoxy groups -OCH3 is 1. The summed E-state index contributed by atoms with van der Waals surface area (Å²) < 4.78 is 23.9. The molecule has 0 N–H and O–H groups in total. The van der Waals surface area contributed by atoms with Crippen molar-refractivity contribution in [2.45, 2.75) is 104 Å². The Bertz CT molecular complexity index is 326. The molecule has 0 amide bonds. The minimum atomic E-state index is -0.935. The Morgan fingerprint density at radius 2 is 1.30 bits per heavy atom. The highest BCUT2D eigenvalue weighted by Gasteiger charge is 2.41. The van der Waals surface area contributed by atoms with Gasteiger partial charge in [0, 0.05) is 32.8 Å². The van der Waals surface area contributed by atoms with Gasteiger partial charge in [0.2, 0.25) is 0 Å². The number of allylic oxidation sites excluding steroid dienone is 1. The number of hydrogen-bond acceptors (Lipinski definition) is 4. The molecule has 0 aromatic heterocycles. The predicted molar refractivity (Wildman–Crippen MR) is 114 cm³/mol. The molecule has 0 aliphatic rings. The Morgan fingerprint density at radius 3 is 1.78 bits per heavy atom. The van der Waals surface area contributed by atoms with Crippen LogP contribution in [0.3, 0.4) is 0 Å². The SMILES string of the molecule is CC=CC(CCC(CCCCCCCC)C(OCC)(OCC)OCC)OC. The number of rotatable bonds is 19. The first-order valence-corrected chi connectivity index (χ1v) is 11.2. The highest BCUT2D eigenvalue weighted by atomic mass is 16.9. The molecule has 0 fully saturated rings. The van der Waals surface area contributed by atoms with Gasteiger partial charge in [-0.15, -0.1) is 0 Å². The topological polar surface area (TPSA) is 36.9 Å². The third kappa shape index (κ3) is 11.2. The summed E-state index contributed by atoms with van der Waals surface area (Å²) in [5.41, 5.74) is 0. The normalized spacial score (nSPS) is 14.7. The zero-order valence-electron chi connectivity index (χ0n) is 18.9. The molecule has 4 nitrogen and oxygen atoms in total. The molecule has 0 saturated heterocycles. The van der Waals surface area contributed by atoms with E-state index in [9.17, 15) is 0 Å². The van der Waals surface area contributed by atoms with E-state index in [1.807, 2.05) is 27.7 Å². The van der Waals surface area contributed by atoms with Gasteiger partial charge in [0.15, 0.2) is 0 Å².